The third-order valence-electron chi connectivity index (χ3n) is 4.77. The second-order valence-electron chi connectivity index (χ2n) is 7.05. The van der Waals surface area contributed by atoms with E-state index in [-0.39, 0.29) is 29.6 Å². The topological polar surface area (TPSA) is 83.6 Å². The van der Waals surface area contributed by atoms with Gasteiger partial charge in [0.05, 0.1) is 22.8 Å². The van der Waals surface area contributed by atoms with Crippen LogP contribution >= 0.6 is 0 Å². The van der Waals surface area contributed by atoms with Crippen LogP contribution in [0.3, 0.4) is 0 Å². The Morgan fingerprint density at radius 2 is 1.72 bits per heavy atom. The molecule has 0 radical (unpaired) electrons. The van der Waals surface area contributed by atoms with Gasteiger partial charge in [-0.2, -0.15) is 0 Å². The fourth-order valence-corrected chi connectivity index (χ4v) is 4.80. The molecule has 0 aromatic heterocycles. The Morgan fingerprint density at radius 1 is 1.07 bits per heavy atom. The van der Waals surface area contributed by atoms with E-state index < -0.39 is 10.0 Å². The van der Waals surface area contributed by atoms with Crippen molar-refractivity contribution in [1.82, 2.24) is 5.32 Å². The number of para-hydroxylation sites is 1. The molecule has 0 spiro atoms. The van der Waals surface area contributed by atoms with Gasteiger partial charge in [-0.15, -0.1) is 0 Å². The van der Waals surface area contributed by atoms with Crippen LogP contribution in [0.1, 0.15) is 37.8 Å². The van der Waals surface area contributed by atoms with Gasteiger partial charge in [-0.05, 0) is 31.5 Å². The number of carbonyl (C=O) groups is 2. The Balaban J connectivity index is 2.19. The van der Waals surface area contributed by atoms with Crippen molar-refractivity contribution in [3.63, 3.8) is 0 Å². The van der Waals surface area contributed by atoms with Crippen molar-refractivity contribution in [2.24, 2.45) is 0 Å². The molecule has 152 valence electrons. The number of anilines is 1. The maximum Gasteiger partial charge on any atom is 0.264 e. The van der Waals surface area contributed by atoms with Crippen LogP contribution in [0.4, 0.5) is 5.69 Å². The first-order valence-electron chi connectivity index (χ1n) is 9.48. The summed E-state index contributed by atoms with van der Waals surface area (Å²) in [5.41, 5.74) is 2.60. The molecule has 0 saturated heterocycles. The van der Waals surface area contributed by atoms with Gasteiger partial charge in [-0.1, -0.05) is 42.8 Å². The number of nitrogens with zero attached hydrogens (tertiary/aromatic N) is 1. The largest absolute Gasteiger partial charge is 0.325 e. The Bertz CT molecular complexity index is 1090. The average Bonchev–Trinajstić information content (AvgIpc) is 2.68. The van der Waals surface area contributed by atoms with Gasteiger partial charge < -0.3 is 5.32 Å². The van der Waals surface area contributed by atoms with Crippen LogP contribution in [0.5, 0.6) is 0 Å². The van der Waals surface area contributed by atoms with Gasteiger partial charge in [0.25, 0.3) is 10.0 Å². The van der Waals surface area contributed by atoms with Gasteiger partial charge in [-0.3, -0.25) is 13.9 Å². The van der Waals surface area contributed by atoms with E-state index in [0.717, 1.165) is 5.56 Å². The molecule has 3 rings (SSSR count). The van der Waals surface area contributed by atoms with Crippen LogP contribution in [-0.2, 0) is 19.6 Å². The molecule has 7 heteroatoms. The molecule has 6 nitrogen and oxygen atoms in total. The second kappa shape index (κ2) is 8.21. The quantitative estimate of drug-likeness (QED) is 0.788. The summed E-state index contributed by atoms with van der Waals surface area (Å²) >= 11 is 0. The predicted octanol–water partition coefficient (Wildman–Crippen LogP) is 3.42. The van der Waals surface area contributed by atoms with Crippen molar-refractivity contribution in [3.05, 3.63) is 65.2 Å². The summed E-state index contributed by atoms with van der Waals surface area (Å²) in [6.07, 6.45) is 0.904. The molecule has 0 fully saturated rings. The van der Waals surface area contributed by atoms with Crippen molar-refractivity contribution >= 4 is 33.1 Å². The molecule has 1 amide bonds. The summed E-state index contributed by atoms with van der Waals surface area (Å²) in [6.45, 7) is 5.01. The lowest BCUT2D eigenvalue weighted by atomic mass is 9.95. The van der Waals surface area contributed by atoms with Gasteiger partial charge in [0, 0.05) is 24.5 Å². The minimum absolute atomic E-state index is 0.123. The Morgan fingerprint density at radius 3 is 2.34 bits per heavy atom. The van der Waals surface area contributed by atoms with Crippen molar-refractivity contribution in [2.75, 3.05) is 10.8 Å². The zero-order valence-electron chi connectivity index (χ0n) is 16.7. The highest BCUT2D eigenvalue weighted by Gasteiger charge is 2.35. The highest BCUT2D eigenvalue weighted by atomic mass is 32.2. The number of nitrogens with one attached hydrogen (secondary N) is 1. The minimum atomic E-state index is -3.89. The number of rotatable bonds is 6. The molecule has 0 unspecified atom stereocenters. The number of ketones is 1. The molecule has 0 saturated carbocycles. The number of sulfonamides is 1. The zero-order chi connectivity index (χ0) is 21.2. The van der Waals surface area contributed by atoms with Crippen LogP contribution in [0, 0.1) is 6.92 Å². The maximum absolute atomic E-state index is 13.4. The molecule has 0 atom stereocenters. The molecule has 1 aliphatic rings. The highest BCUT2D eigenvalue weighted by Crippen LogP contribution is 2.37. The monoisotopic (exact) mass is 412 g/mol. The second-order valence-corrected chi connectivity index (χ2v) is 8.91. The molecule has 1 N–H and O–H groups in total. The summed E-state index contributed by atoms with van der Waals surface area (Å²) < 4.78 is 28.1. The first-order chi connectivity index (χ1) is 13.8. The molecule has 1 heterocycles. The van der Waals surface area contributed by atoms with E-state index in [1.54, 1.807) is 48.5 Å². The lowest BCUT2D eigenvalue weighted by molar-refractivity contribution is -0.117. The van der Waals surface area contributed by atoms with Crippen molar-refractivity contribution in [2.45, 2.75) is 38.5 Å². The number of hydrogen-bond acceptors (Lipinski definition) is 4. The number of amides is 1. The van der Waals surface area contributed by atoms with Crippen LogP contribution in [0.15, 0.2) is 59.0 Å². The zero-order valence-corrected chi connectivity index (χ0v) is 17.5. The number of benzene rings is 2. The van der Waals surface area contributed by atoms with E-state index in [2.05, 4.69) is 5.32 Å². The fourth-order valence-electron chi connectivity index (χ4n) is 3.35. The minimum Gasteiger partial charge on any atom is -0.325 e. The van der Waals surface area contributed by atoms with Gasteiger partial charge in [0.15, 0.2) is 5.78 Å². The summed E-state index contributed by atoms with van der Waals surface area (Å²) in [6, 6.07) is 13.5. The van der Waals surface area contributed by atoms with E-state index >= 15 is 0 Å². The van der Waals surface area contributed by atoms with Gasteiger partial charge >= 0.3 is 0 Å². The fraction of sp³-hybridized carbons (Fsp3) is 0.273. The third-order valence-corrected chi connectivity index (χ3v) is 6.54. The van der Waals surface area contributed by atoms with E-state index in [1.807, 2.05) is 13.8 Å². The smallest absolute Gasteiger partial charge is 0.264 e. The normalized spacial score (nSPS) is 13.8. The van der Waals surface area contributed by atoms with E-state index in [4.69, 9.17) is 0 Å². The van der Waals surface area contributed by atoms with Crippen LogP contribution in [0.25, 0.3) is 5.70 Å². The standard InChI is InChI=1S/C22H24N2O4S/c1-4-7-21(26)19-14-24(29(27,28)17-12-10-15(2)11-13-17)20-9-6-5-8-18(20)22(19)23-16(3)25/h5-6,8-13H,4,7,14H2,1-3H3,(H,23,25). The van der Waals surface area contributed by atoms with Gasteiger partial charge in [0.1, 0.15) is 0 Å². The molecule has 0 bridgehead atoms. The van der Waals surface area contributed by atoms with Crippen LogP contribution < -0.4 is 9.62 Å². The summed E-state index contributed by atoms with van der Waals surface area (Å²) in [5, 5.41) is 2.74. The lowest BCUT2D eigenvalue weighted by Gasteiger charge is -2.33. The van der Waals surface area contributed by atoms with Gasteiger partial charge in [0.2, 0.25) is 5.91 Å². The number of Topliss-reactive ketones (excluding diaryl/α,β-unsaturated/α-hetero) is 1. The summed E-state index contributed by atoms with van der Waals surface area (Å²) in [5.74, 6) is -0.485. The summed E-state index contributed by atoms with van der Waals surface area (Å²) in [7, 11) is -3.89. The van der Waals surface area contributed by atoms with Crippen LogP contribution in [0.2, 0.25) is 0 Å². The molecule has 0 aliphatic carbocycles. The maximum atomic E-state index is 13.4. The molecular weight excluding hydrogens is 388 g/mol. The van der Waals surface area contributed by atoms with E-state index in [1.165, 1.54) is 11.2 Å². The molecule has 29 heavy (non-hydrogen) atoms. The first kappa shape index (κ1) is 20.8. The SMILES string of the molecule is CCCC(=O)C1=C(NC(C)=O)c2ccccc2N(S(=O)(=O)c2ccc(C)cc2)C1. The molecular formula is C22H24N2O4S. The lowest BCUT2D eigenvalue weighted by Crippen LogP contribution is -2.40. The van der Waals surface area contributed by atoms with Crippen molar-refractivity contribution in [3.8, 4) is 0 Å². The summed E-state index contributed by atoms with van der Waals surface area (Å²) in [4.78, 5) is 24.8. The molecule has 1 aliphatic heterocycles. The first-order valence-corrected chi connectivity index (χ1v) is 10.9. The third kappa shape index (κ3) is 4.10. The van der Waals surface area contributed by atoms with Crippen molar-refractivity contribution < 1.29 is 18.0 Å². The highest BCUT2D eigenvalue weighted by molar-refractivity contribution is 7.92. The Hall–Kier alpha value is -2.93. The average molecular weight is 413 g/mol. The molecule has 2 aromatic carbocycles. The number of fused-ring (bicyclic) bond motifs is 1. The number of aryl methyl sites for hydroxylation is 1. The van der Waals surface area contributed by atoms with E-state index in [0.29, 0.717) is 28.9 Å². The Kier molecular flexibility index (Phi) is 5.88. The van der Waals surface area contributed by atoms with Crippen LogP contribution in [-0.4, -0.2) is 26.7 Å². The number of carbonyl (C=O) groups excluding carboxylic acids is 2. The predicted molar refractivity (Wildman–Crippen MR) is 113 cm³/mol. The van der Waals surface area contributed by atoms with Gasteiger partial charge in [-0.25, -0.2) is 8.42 Å². The number of hydrogen-bond donors (Lipinski definition) is 1. The van der Waals surface area contributed by atoms with Crippen molar-refractivity contribution in [1.29, 1.82) is 0 Å². The Labute approximate surface area is 171 Å². The molecule has 2 aromatic rings. The van der Waals surface area contributed by atoms with E-state index in [9.17, 15) is 18.0 Å².